The van der Waals surface area contributed by atoms with Gasteiger partial charge in [0.15, 0.2) is 0 Å². The minimum Gasteiger partial charge on any atom is -0.481 e. The number of hydrogen-bond donors (Lipinski definition) is 2. The Morgan fingerprint density at radius 1 is 1.62 bits per heavy atom. The predicted molar refractivity (Wildman–Crippen MR) is 72.3 cm³/mol. The normalized spacial score (nSPS) is 21.1. The fraction of sp³-hybridized carbons (Fsp3) is 0.692. The third kappa shape index (κ3) is 3.15. The molecule has 6 nitrogen and oxygen atoms in total. The van der Waals surface area contributed by atoms with E-state index in [2.05, 4.69) is 15.7 Å². The highest BCUT2D eigenvalue weighted by Gasteiger charge is 2.45. The lowest BCUT2D eigenvalue weighted by Crippen LogP contribution is -2.52. The standard InChI is InChI=1S/C13H20F2N4O2/c1-8-9(12(21-3)19(2)18-8)6-17-11(20)10-4-5-16-7-13(10,14)15/h10,16H,4-7H2,1-3H3,(H,17,20). The highest BCUT2D eigenvalue weighted by atomic mass is 19.3. The van der Waals surface area contributed by atoms with Crippen molar-refractivity contribution in [2.24, 2.45) is 13.0 Å². The van der Waals surface area contributed by atoms with Crippen molar-refractivity contribution in [1.82, 2.24) is 20.4 Å². The van der Waals surface area contributed by atoms with Gasteiger partial charge in [-0.3, -0.25) is 4.79 Å². The van der Waals surface area contributed by atoms with E-state index in [1.807, 2.05) is 0 Å². The summed E-state index contributed by atoms with van der Waals surface area (Å²) in [5.41, 5.74) is 1.40. The van der Waals surface area contributed by atoms with Crippen molar-refractivity contribution in [3.63, 3.8) is 0 Å². The van der Waals surface area contributed by atoms with Crippen LogP contribution in [0, 0.1) is 12.8 Å². The molecule has 2 N–H and O–H groups in total. The topological polar surface area (TPSA) is 68.2 Å². The number of halogens is 2. The lowest BCUT2D eigenvalue weighted by atomic mass is 9.93. The highest BCUT2D eigenvalue weighted by molar-refractivity contribution is 5.80. The predicted octanol–water partition coefficient (Wildman–Crippen LogP) is 0.598. The van der Waals surface area contributed by atoms with Gasteiger partial charge in [0.1, 0.15) is 5.92 Å². The molecule has 0 radical (unpaired) electrons. The Balaban J connectivity index is 2.04. The Bertz CT molecular complexity index is 530. The van der Waals surface area contributed by atoms with E-state index in [1.54, 1.807) is 18.7 Å². The van der Waals surface area contributed by atoms with E-state index in [4.69, 9.17) is 4.74 Å². The molecule has 1 amide bonds. The van der Waals surface area contributed by atoms with Crippen molar-refractivity contribution in [3.05, 3.63) is 11.3 Å². The van der Waals surface area contributed by atoms with Gasteiger partial charge < -0.3 is 15.4 Å². The van der Waals surface area contributed by atoms with E-state index in [9.17, 15) is 13.6 Å². The van der Waals surface area contributed by atoms with Crippen molar-refractivity contribution in [2.45, 2.75) is 25.8 Å². The number of nitrogens with one attached hydrogen (secondary N) is 2. The number of hydrogen-bond acceptors (Lipinski definition) is 4. The molecule has 1 aromatic rings. The Hall–Kier alpha value is -1.70. The van der Waals surface area contributed by atoms with Crippen LogP contribution in [0.25, 0.3) is 0 Å². The fourth-order valence-corrected chi connectivity index (χ4v) is 2.60. The minimum atomic E-state index is -3.02. The number of carbonyl (C=O) groups excluding carboxylic acids is 1. The summed E-state index contributed by atoms with van der Waals surface area (Å²) in [5.74, 6) is -4.42. The van der Waals surface area contributed by atoms with Gasteiger partial charge in [0.25, 0.3) is 5.92 Å². The molecule has 21 heavy (non-hydrogen) atoms. The van der Waals surface area contributed by atoms with E-state index in [-0.39, 0.29) is 13.0 Å². The van der Waals surface area contributed by atoms with Crippen LogP contribution in [0.4, 0.5) is 8.78 Å². The molecule has 1 unspecified atom stereocenters. The van der Waals surface area contributed by atoms with Crippen molar-refractivity contribution >= 4 is 5.91 Å². The smallest absolute Gasteiger partial charge is 0.271 e. The van der Waals surface area contributed by atoms with Crippen LogP contribution in [0.15, 0.2) is 0 Å². The molecule has 1 fully saturated rings. The van der Waals surface area contributed by atoms with Gasteiger partial charge in [-0.25, -0.2) is 13.5 Å². The van der Waals surface area contributed by atoms with E-state index in [0.717, 1.165) is 0 Å². The third-order valence-electron chi connectivity index (χ3n) is 3.72. The summed E-state index contributed by atoms with van der Waals surface area (Å²) >= 11 is 0. The summed E-state index contributed by atoms with van der Waals surface area (Å²) in [7, 11) is 3.22. The van der Waals surface area contributed by atoms with Crippen LogP contribution in [0.2, 0.25) is 0 Å². The second-order valence-electron chi connectivity index (χ2n) is 5.19. The molecule has 2 rings (SSSR count). The average Bonchev–Trinajstić information content (AvgIpc) is 2.69. The molecular formula is C13H20F2N4O2. The number of alkyl halides is 2. The first kappa shape index (κ1) is 15.7. The van der Waals surface area contributed by atoms with E-state index < -0.39 is 24.3 Å². The summed E-state index contributed by atoms with van der Waals surface area (Å²) in [6.45, 7) is 1.87. The summed E-state index contributed by atoms with van der Waals surface area (Å²) < 4.78 is 34.2. The van der Waals surface area contributed by atoms with Gasteiger partial charge in [-0.2, -0.15) is 5.10 Å². The molecular weight excluding hydrogens is 282 g/mol. The number of piperidine rings is 1. The molecule has 0 aromatic carbocycles. The quantitative estimate of drug-likeness (QED) is 0.854. The third-order valence-corrected chi connectivity index (χ3v) is 3.72. The van der Waals surface area contributed by atoms with Crippen LogP contribution in [0.5, 0.6) is 5.88 Å². The van der Waals surface area contributed by atoms with Gasteiger partial charge >= 0.3 is 0 Å². The molecule has 0 bridgehead atoms. The monoisotopic (exact) mass is 302 g/mol. The second-order valence-corrected chi connectivity index (χ2v) is 5.19. The lowest BCUT2D eigenvalue weighted by Gasteiger charge is -2.30. The molecule has 0 spiro atoms. The molecule has 0 aliphatic carbocycles. The number of carbonyl (C=O) groups is 1. The van der Waals surface area contributed by atoms with Crippen molar-refractivity contribution in [2.75, 3.05) is 20.2 Å². The first-order chi connectivity index (χ1) is 9.86. The Morgan fingerprint density at radius 3 is 2.95 bits per heavy atom. The summed E-state index contributed by atoms with van der Waals surface area (Å²) in [6.07, 6.45) is 0.127. The maximum absolute atomic E-state index is 13.7. The second kappa shape index (κ2) is 5.97. The van der Waals surface area contributed by atoms with E-state index >= 15 is 0 Å². The van der Waals surface area contributed by atoms with Crippen molar-refractivity contribution in [3.8, 4) is 5.88 Å². The first-order valence-corrected chi connectivity index (χ1v) is 6.79. The van der Waals surface area contributed by atoms with Crippen LogP contribution in [-0.2, 0) is 18.4 Å². The number of amides is 1. The number of rotatable bonds is 4. The van der Waals surface area contributed by atoms with Gasteiger partial charge in [0, 0.05) is 13.6 Å². The zero-order chi connectivity index (χ0) is 15.6. The maximum Gasteiger partial charge on any atom is 0.271 e. The molecule has 2 heterocycles. The summed E-state index contributed by atoms with van der Waals surface area (Å²) in [4.78, 5) is 12.0. The Morgan fingerprint density at radius 2 is 2.33 bits per heavy atom. The van der Waals surface area contributed by atoms with Crippen LogP contribution in [0.3, 0.4) is 0 Å². The molecule has 1 aliphatic heterocycles. The lowest BCUT2D eigenvalue weighted by molar-refractivity contribution is -0.142. The highest BCUT2D eigenvalue weighted by Crippen LogP contribution is 2.30. The number of aromatic nitrogens is 2. The van der Waals surface area contributed by atoms with E-state index in [1.165, 1.54) is 7.11 Å². The molecule has 1 atom stereocenters. The largest absolute Gasteiger partial charge is 0.481 e. The Labute approximate surface area is 121 Å². The van der Waals surface area contributed by atoms with Gasteiger partial charge in [-0.15, -0.1) is 0 Å². The number of ether oxygens (including phenoxy) is 1. The molecule has 8 heteroatoms. The summed E-state index contributed by atoms with van der Waals surface area (Å²) in [5, 5.41) is 9.36. The number of aryl methyl sites for hydroxylation is 2. The van der Waals surface area contributed by atoms with Gasteiger partial charge in [-0.05, 0) is 19.9 Å². The molecule has 1 aromatic heterocycles. The molecule has 118 valence electrons. The number of nitrogens with zero attached hydrogens (tertiary/aromatic N) is 2. The van der Waals surface area contributed by atoms with Crippen LogP contribution in [-0.4, -0.2) is 41.8 Å². The van der Waals surface area contributed by atoms with E-state index in [0.29, 0.717) is 23.7 Å². The van der Waals surface area contributed by atoms with Gasteiger partial charge in [-0.1, -0.05) is 0 Å². The minimum absolute atomic E-state index is 0.127. The number of methoxy groups -OCH3 is 1. The Kier molecular flexibility index (Phi) is 4.46. The SMILES string of the molecule is COc1c(CNC(=O)C2CCNCC2(F)F)c(C)nn1C. The van der Waals surface area contributed by atoms with Crippen molar-refractivity contribution in [1.29, 1.82) is 0 Å². The van der Waals surface area contributed by atoms with Gasteiger partial charge in [0.2, 0.25) is 11.8 Å². The van der Waals surface area contributed by atoms with Crippen LogP contribution >= 0.6 is 0 Å². The zero-order valence-electron chi connectivity index (χ0n) is 12.4. The zero-order valence-corrected chi connectivity index (χ0v) is 12.4. The summed E-state index contributed by atoms with van der Waals surface area (Å²) in [6, 6.07) is 0. The maximum atomic E-state index is 13.7. The molecule has 1 aliphatic rings. The average molecular weight is 302 g/mol. The van der Waals surface area contributed by atoms with Crippen LogP contribution < -0.4 is 15.4 Å². The first-order valence-electron chi connectivity index (χ1n) is 6.79. The van der Waals surface area contributed by atoms with Crippen LogP contribution in [0.1, 0.15) is 17.7 Å². The van der Waals surface area contributed by atoms with Gasteiger partial charge in [0.05, 0.1) is 24.9 Å². The molecule has 1 saturated heterocycles. The van der Waals surface area contributed by atoms with Crippen molar-refractivity contribution < 1.29 is 18.3 Å². The fourth-order valence-electron chi connectivity index (χ4n) is 2.60. The molecule has 0 saturated carbocycles.